The van der Waals surface area contributed by atoms with Gasteiger partial charge in [-0.05, 0) is 83.6 Å². The van der Waals surface area contributed by atoms with Crippen LogP contribution in [-0.2, 0) is 28.2 Å². The molecule has 1 amide bonds. The second-order valence-corrected chi connectivity index (χ2v) is 18.0. The number of hydrogen-bond donors (Lipinski definition) is 2. The van der Waals surface area contributed by atoms with Crippen LogP contribution >= 0.6 is 34.2 Å². The minimum absolute atomic E-state index is 0.0797. The number of hydrogen-bond acceptors (Lipinski definition) is 6. The lowest BCUT2D eigenvalue weighted by Gasteiger charge is -2.32. The van der Waals surface area contributed by atoms with Crippen molar-refractivity contribution >= 4 is 54.1 Å². The van der Waals surface area contributed by atoms with Gasteiger partial charge in [0.05, 0.1) is 36.6 Å². The number of aliphatic hydroxyl groups excluding tert-OH is 1. The van der Waals surface area contributed by atoms with Crippen LogP contribution in [0.2, 0.25) is 23.7 Å². The molecule has 8 nitrogen and oxygen atoms in total. The van der Waals surface area contributed by atoms with Gasteiger partial charge in [0.1, 0.15) is 0 Å². The molecule has 1 fully saturated rings. The van der Waals surface area contributed by atoms with Crippen LogP contribution in [0.25, 0.3) is 0 Å². The Morgan fingerprint density at radius 1 is 1.11 bits per heavy atom. The van der Waals surface area contributed by atoms with Gasteiger partial charge in [0, 0.05) is 38.4 Å². The average Bonchev–Trinajstić information content (AvgIpc) is 3.64. The van der Waals surface area contributed by atoms with Crippen molar-refractivity contribution in [2.24, 2.45) is 5.92 Å². The van der Waals surface area contributed by atoms with Gasteiger partial charge in [0.15, 0.2) is 13.9 Å². The first kappa shape index (κ1) is 31.4. The molecule has 0 radical (unpaired) electrons. The Morgan fingerprint density at radius 3 is 2.52 bits per heavy atom. The molecule has 0 aliphatic carbocycles. The molecular weight excluding hydrogens is 707 g/mol. The van der Waals surface area contributed by atoms with Gasteiger partial charge >= 0.3 is 0 Å². The third-order valence-corrected chi connectivity index (χ3v) is 12.6. The molecule has 1 saturated heterocycles. The zero-order valence-electron chi connectivity index (χ0n) is 24.9. The fraction of sp³-hybridized carbons (Fsp3) is 0.364. The first-order valence-corrected chi connectivity index (χ1v) is 19.3. The molecule has 2 aliphatic rings. The number of ether oxygens (including phenoxy) is 1. The molecule has 1 spiro atoms. The van der Waals surface area contributed by atoms with Crippen LogP contribution in [0.5, 0.6) is 0 Å². The van der Waals surface area contributed by atoms with E-state index in [1.807, 2.05) is 99.0 Å². The fourth-order valence-electron chi connectivity index (χ4n) is 7.15. The van der Waals surface area contributed by atoms with Gasteiger partial charge in [-0.2, -0.15) is 0 Å². The Kier molecular flexibility index (Phi) is 8.77. The molecule has 1 unspecified atom stereocenters. The first-order chi connectivity index (χ1) is 21.0. The van der Waals surface area contributed by atoms with Gasteiger partial charge in [0.2, 0.25) is 0 Å². The predicted octanol–water partition coefficient (Wildman–Crippen LogP) is 6.10. The number of rotatable bonds is 9. The van der Waals surface area contributed by atoms with Crippen LogP contribution in [-0.4, -0.2) is 51.8 Å². The highest BCUT2D eigenvalue weighted by molar-refractivity contribution is 14.1. The Hall–Kier alpha value is -2.61. The predicted molar refractivity (Wildman–Crippen MR) is 181 cm³/mol. The lowest BCUT2D eigenvalue weighted by atomic mass is 9.82. The Morgan fingerprint density at radius 2 is 1.84 bits per heavy atom. The molecule has 4 aromatic rings. The third-order valence-electron chi connectivity index (χ3n) is 9.14. The Balaban J connectivity index is 1.30. The normalized spacial score (nSPS) is 23.8. The van der Waals surface area contributed by atoms with Gasteiger partial charge in [-0.15, -0.1) is 5.10 Å². The van der Waals surface area contributed by atoms with Gasteiger partial charge in [0.25, 0.3) is 5.91 Å². The molecule has 0 saturated carbocycles. The maximum Gasteiger partial charge on any atom is 0.264 e. The van der Waals surface area contributed by atoms with Crippen LogP contribution in [0, 0.1) is 9.49 Å². The van der Waals surface area contributed by atoms with E-state index >= 15 is 0 Å². The zero-order chi connectivity index (χ0) is 31.2. The van der Waals surface area contributed by atoms with E-state index < -0.39 is 13.9 Å². The van der Waals surface area contributed by atoms with Crippen LogP contribution in [0.1, 0.15) is 41.6 Å². The number of aromatic nitrogens is 3. The number of fused-ring (bicyclic) bond motifs is 2. The second kappa shape index (κ2) is 12.3. The molecule has 5 atom stereocenters. The van der Waals surface area contributed by atoms with E-state index in [9.17, 15) is 14.7 Å². The topological polar surface area (TPSA) is 101 Å². The van der Waals surface area contributed by atoms with Crippen molar-refractivity contribution in [3.63, 3.8) is 0 Å². The van der Waals surface area contributed by atoms with Gasteiger partial charge in [-0.3, -0.25) is 9.48 Å². The van der Waals surface area contributed by atoms with Crippen molar-refractivity contribution in [3.05, 3.63) is 110 Å². The largest absolute Gasteiger partial charge is 0.432 e. The Bertz CT molecular complexity index is 1650. The number of nitrogens with zero attached hydrogens (tertiary/aromatic N) is 4. The number of amides is 1. The summed E-state index contributed by atoms with van der Waals surface area (Å²) in [6.07, 6.45) is 2.00. The summed E-state index contributed by atoms with van der Waals surface area (Å²) in [5.74, 6) is -0.680. The van der Waals surface area contributed by atoms with E-state index in [0.717, 1.165) is 25.9 Å². The number of carbonyl (C=O) groups excluding carboxylic acids is 1. The van der Waals surface area contributed by atoms with E-state index in [0.29, 0.717) is 30.2 Å². The van der Waals surface area contributed by atoms with Crippen LogP contribution in [0.3, 0.4) is 0 Å². The zero-order valence-corrected chi connectivity index (χ0v) is 28.8. The van der Waals surface area contributed by atoms with Gasteiger partial charge in [-0.25, -0.2) is 0 Å². The third kappa shape index (κ3) is 5.65. The van der Waals surface area contributed by atoms with Crippen molar-refractivity contribution in [3.8, 4) is 0 Å². The molecule has 44 heavy (non-hydrogen) atoms. The minimum Gasteiger partial charge on any atom is -0.432 e. The standard InChI is InChI=1S/C33H36ClIN4O4Si/c1-21-31(44(2,3)42)30(15-16-38-19-28(36-37-38)26(20-40)23-7-5-4-6-8-23)43-33(21)27-17-24(34)11-14-29(27)39(32(33)41)18-22-9-12-25(35)13-10-22/h4-14,17,19,21,26,30-31,40,42H,15-16,18,20H2,1-3H3/t21-,26?,30+,31-,33+/m1/s1. The van der Waals surface area contributed by atoms with Crippen molar-refractivity contribution in [2.75, 3.05) is 11.5 Å². The molecule has 11 heteroatoms. The summed E-state index contributed by atoms with van der Waals surface area (Å²) < 4.78 is 9.82. The number of carbonyl (C=O) groups is 1. The van der Waals surface area contributed by atoms with E-state index in [4.69, 9.17) is 16.3 Å². The second-order valence-electron chi connectivity index (χ2n) is 12.4. The van der Waals surface area contributed by atoms with E-state index in [2.05, 4.69) is 32.9 Å². The summed E-state index contributed by atoms with van der Waals surface area (Å²) >= 11 is 8.80. The summed E-state index contributed by atoms with van der Waals surface area (Å²) in [5.41, 5.74) is 2.75. The van der Waals surface area contributed by atoms with Crippen molar-refractivity contribution < 1.29 is 19.4 Å². The molecule has 2 N–H and O–H groups in total. The summed E-state index contributed by atoms with van der Waals surface area (Å²) in [6.45, 7) is 6.69. The summed E-state index contributed by atoms with van der Waals surface area (Å²) in [6, 6.07) is 23.5. The van der Waals surface area contributed by atoms with Crippen LogP contribution in [0.15, 0.2) is 79.0 Å². The highest BCUT2D eigenvalue weighted by Crippen LogP contribution is 2.60. The molecule has 6 rings (SSSR count). The van der Waals surface area contributed by atoms with E-state index in [1.54, 1.807) is 9.58 Å². The van der Waals surface area contributed by atoms with Gasteiger partial charge < -0.3 is 19.5 Å². The lowest BCUT2D eigenvalue weighted by Crippen LogP contribution is -2.46. The number of aryl methyl sites for hydroxylation is 1. The molecule has 3 heterocycles. The quantitative estimate of drug-likeness (QED) is 0.159. The maximum atomic E-state index is 14.6. The number of halogens is 2. The monoisotopic (exact) mass is 742 g/mol. The molecule has 2 aliphatic heterocycles. The highest BCUT2D eigenvalue weighted by Gasteiger charge is 2.66. The number of benzene rings is 3. The molecule has 3 aromatic carbocycles. The summed E-state index contributed by atoms with van der Waals surface area (Å²) in [4.78, 5) is 28.0. The number of aliphatic hydroxyl groups is 1. The molecule has 1 aromatic heterocycles. The highest BCUT2D eigenvalue weighted by atomic mass is 127. The van der Waals surface area contributed by atoms with Crippen molar-refractivity contribution in [2.45, 2.75) is 62.7 Å². The van der Waals surface area contributed by atoms with Crippen molar-refractivity contribution in [1.29, 1.82) is 0 Å². The van der Waals surface area contributed by atoms with Crippen molar-refractivity contribution in [1.82, 2.24) is 15.0 Å². The van der Waals surface area contributed by atoms with Crippen LogP contribution in [0.4, 0.5) is 5.69 Å². The smallest absolute Gasteiger partial charge is 0.264 e. The lowest BCUT2D eigenvalue weighted by molar-refractivity contribution is -0.146. The minimum atomic E-state index is -2.82. The maximum absolute atomic E-state index is 14.6. The Labute approximate surface area is 277 Å². The van der Waals surface area contributed by atoms with Crippen LogP contribution < -0.4 is 4.90 Å². The van der Waals surface area contributed by atoms with E-state index in [-0.39, 0.29) is 36.0 Å². The first-order valence-electron chi connectivity index (χ1n) is 14.9. The summed E-state index contributed by atoms with van der Waals surface area (Å²) in [7, 11) is -2.82. The molecular formula is C33H36ClIN4O4Si. The fourth-order valence-corrected chi connectivity index (χ4v) is 10.3. The molecule has 0 bridgehead atoms. The number of anilines is 1. The average molecular weight is 743 g/mol. The SMILES string of the molecule is C[C@@H]1[C@@H]([Si](C)(C)O)[C@H](CCn2cc(C(CO)c3ccccc3)nn2)O[C@@]12C(=O)N(Cc1ccc(I)cc1)c1ccc(Cl)cc12. The summed E-state index contributed by atoms with van der Waals surface area (Å²) in [5, 5.41) is 19.4. The van der Waals surface area contributed by atoms with Gasteiger partial charge in [-0.1, -0.05) is 66.2 Å². The molecule has 230 valence electrons. The van der Waals surface area contributed by atoms with E-state index in [1.165, 1.54) is 0 Å².